The average Bonchev–Trinajstić information content (AvgIpc) is 3.63. The molecule has 3 aliphatic rings. The van der Waals surface area contributed by atoms with Gasteiger partial charge < -0.3 is 15.1 Å². The lowest BCUT2D eigenvalue weighted by Crippen LogP contribution is -2.59. The van der Waals surface area contributed by atoms with E-state index in [1.54, 1.807) is 0 Å². The third-order valence-electron chi connectivity index (χ3n) is 14.6. The number of benzene rings is 7. The van der Waals surface area contributed by atoms with Gasteiger partial charge in [0.25, 0.3) is 6.71 Å². The maximum Gasteiger partial charge on any atom is 0.264 e. The van der Waals surface area contributed by atoms with Gasteiger partial charge in [0.1, 0.15) is 0 Å². The molecule has 1 aliphatic carbocycles. The number of rotatable bonds is 4. The topological polar surface area (TPSA) is 18.5 Å². The first kappa shape index (κ1) is 40.0. The van der Waals surface area contributed by atoms with Crippen LogP contribution in [0.3, 0.4) is 0 Å². The Morgan fingerprint density at radius 2 is 1.24 bits per heavy atom. The van der Waals surface area contributed by atoms with E-state index in [2.05, 4.69) is 224 Å². The third-order valence-corrected chi connectivity index (χ3v) is 15.8. The molecule has 0 unspecified atom stereocenters. The van der Waals surface area contributed by atoms with Gasteiger partial charge in [-0.1, -0.05) is 142 Å². The number of nitrogens with zero attached hydrogens (tertiary/aromatic N) is 2. The molecule has 0 amide bonds. The minimum atomic E-state index is 0.00941. The molecule has 314 valence electrons. The molecule has 0 radical (unpaired) electrons. The summed E-state index contributed by atoms with van der Waals surface area (Å²) in [5, 5.41) is 7.82. The largest absolute Gasteiger partial charge is 0.356 e. The molecule has 0 fully saturated rings. The van der Waals surface area contributed by atoms with E-state index in [4.69, 9.17) is 0 Å². The third kappa shape index (κ3) is 6.44. The molecule has 0 atom stereocenters. The van der Waals surface area contributed by atoms with Crippen molar-refractivity contribution in [3.05, 3.63) is 162 Å². The van der Waals surface area contributed by atoms with E-state index >= 15 is 0 Å². The van der Waals surface area contributed by atoms with Gasteiger partial charge in [-0.3, -0.25) is 0 Å². The molecule has 0 bridgehead atoms. The highest BCUT2D eigenvalue weighted by molar-refractivity contribution is 7.33. The van der Waals surface area contributed by atoms with Crippen molar-refractivity contribution in [1.29, 1.82) is 0 Å². The van der Waals surface area contributed by atoms with Gasteiger partial charge in [0.2, 0.25) is 0 Å². The normalized spacial score (nSPS) is 16.0. The first-order valence-corrected chi connectivity index (χ1v) is 23.7. The first-order valence-electron chi connectivity index (χ1n) is 22.9. The van der Waals surface area contributed by atoms with Crippen LogP contribution >= 0.6 is 11.3 Å². The van der Waals surface area contributed by atoms with Crippen molar-refractivity contribution < 1.29 is 0 Å². The molecule has 3 heterocycles. The lowest BCUT2D eigenvalue weighted by molar-refractivity contribution is 0.332. The lowest BCUT2D eigenvalue weighted by atomic mass is 9.36. The van der Waals surface area contributed by atoms with E-state index in [0.29, 0.717) is 0 Å². The summed E-state index contributed by atoms with van der Waals surface area (Å²) < 4.78 is 2.73. The molecular formula is C58H58BN3S. The van der Waals surface area contributed by atoms with E-state index in [1.165, 1.54) is 93.7 Å². The number of para-hydroxylation sites is 1. The highest BCUT2D eigenvalue weighted by Crippen LogP contribution is 2.51. The monoisotopic (exact) mass is 839 g/mol. The number of nitrogens with one attached hydrogen (secondary N) is 1. The summed E-state index contributed by atoms with van der Waals surface area (Å²) in [7, 11) is 0. The van der Waals surface area contributed by atoms with Crippen LogP contribution in [0.5, 0.6) is 0 Å². The van der Waals surface area contributed by atoms with E-state index in [0.717, 1.165) is 23.5 Å². The number of hydrogen-bond donors (Lipinski definition) is 1. The van der Waals surface area contributed by atoms with Gasteiger partial charge in [-0.05, 0) is 145 Å². The molecule has 1 N–H and O–H groups in total. The summed E-state index contributed by atoms with van der Waals surface area (Å²) in [6.45, 7) is 23.7. The van der Waals surface area contributed by atoms with Crippen LogP contribution in [0, 0.1) is 0 Å². The zero-order chi connectivity index (χ0) is 43.8. The fourth-order valence-corrected chi connectivity index (χ4v) is 12.1. The summed E-state index contributed by atoms with van der Waals surface area (Å²) in [5.41, 5.74) is 18.0. The number of thiophene rings is 1. The second-order valence-corrected chi connectivity index (χ2v) is 22.9. The molecule has 7 aromatic carbocycles. The quantitative estimate of drug-likeness (QED) is 0.178. The van der Waals surface area contributed by atoms with Gasteiger partial charge in [-0.2, -0.15) is 0 Å². The summed E-state index contributed by atoms with van der Waals surface area (Å²) in [4.78, 5) is 5.14. The minimum absolute atomic E-state index is 0.00941. The van der Waals surface area contributed by atoms with Crippen molar-refractivity contribution in [2.75, 3.05) is 15.1 Å². The van der Waals surface area contributed by atoms with Crippen LogP contribution in [0.25, 0.3) is 20.9 Å². The van der Waals surface area contributed by atoms with Crippen molar-refractivity contribution >= 4 is 100 Å². The molecule has 0 saturated heterocycles. The van der Waals surface area contributed by atoms with Crippen LogP contribution in [0.15, 0.2) is 140 Å². The Labute approximate surface area is 378 Å². The summed E-state index contributed by atoms with van der Waals surface area (Å²) in [5.74, 6) is 0. The molecule has 63 heavy (non-hydrogen) atoms. The SMILES string of the molecule is CC(C)(C)c1ccc(N2c3cc(N(c4ccc5c(c4)C(C)(C)CCC5(C)C)c4ccc5ccccc5c4)cc4c3B(c3ccccc3N4)c3sc4ccc(C(C)(C)C)cc4c32)cc1. The molecule has 1 aromatic heterocycles. The number of anilines is 8. The predicted molar refractivity (Wildman–Crippen MR) is 276 cm³/mol. The van der Waals surface area contributed by atoms with Gasteiger partial charge in [0.05, 0.1) is 11.4 Å². The Morgan fingerprint density at radius 3 is 1.98 bits per heavy atom. The minimum Gasteiger partial charge on any atom is -0.356 e. The highest BCUT2D eigenvalue weighted by Gasteiger charge is 2.44. The summed E-state index contributed by atoms with van der Waals surface area (Å²) in [6, 6.07) is 53.6. The number of fused-ring (bicyclic) bond motifs is 8. The smallest absolute Gasteiger partial charge is 0.264 e. The Hall–Kier alpha value is -5.78. The fourth-order valence-electron chi connectivity index (χ4n) is 10.8. The van der Waals surface area contributed by atoms with Gasteiger partial charge in [0, 0.05) is 49.0 Å². The standard InChI is InChI=1S/C58H58BN3S/c1-55(2,3)38-20-24-40(25-21-38)62-50-35-43(61(41-23-19-36-15-11-12-16-37(36)31-41)42-26-27-45-46(33-42)58(9,10)30-29-57(45,7)8)34-49-52(50)59(47-17-13-14-18-48(47)60-49)54-53(62)44-32-39(56(4,5)6)22-28-51(44)63-54/h11-28,31-35,60H,29-30H2,1-10H3. The predicted octanol–water partition coefficient (Wildman–Crippen LogP) is 14.8. The van der Waals surface area contributed by atoms with Gasteiger partial charge >= 0.3 is 0 Å². The van der Waals surface area contributed by atoms with Crippen LogP contribution in [0.4, 0.5) is 45.5 Å². The molecular weight excluding hydrogens is 782 g/mol. The molecule has 5 heteroatoms. The average molecular weight is 840 g/mol. The van der Waals surface area contributed by atoms with Gasteiger partial charge in [-0.25, -0.2) is 0 Å². The molecule has 3 nitrogen and oxygen atoms in total. The first-order chi connectivity index (χ1) is 30.0. The Balaban J connectivity index is 1.22. The Bertz CT molecular complexity index is 3140. The Kier molecular flexibility index (Phi) is 8.81. The maximum absolute atomic E-state index is 4.03. The zero-order valence-corrected chi connectivity index (χ0v) is 39.4. The van der Waals surface area contributed by atoms with E-state index < -0.39 is 0 Å². The number of hydrogen-bond acceptors (Lipinski definition) is 4. The van der Waals surface area contributed by atoms with Crippen molar-refractivity contribution in [3.63, 3.8) is 0 Å². The van der Waals surface area contributed by atoms with Gasteiger partial charge in [0.15, 0.2) is 0 Å². The van der Waals surface area contributed by atoms with Crippen LogP contribution in [0.2, 0.25) is 0 Å². The van der Waals surface area contributed by atoms with Gasteiger partial charge in [-0.15, -0.1) is 11.3 Å². The summed E-state index contributed by atoms with van der Waals surface area (Å²) >= 11 is 1.97. The van der Waals surface area contributed by atoms with E-state index in [9.17, 15) is 0 Å². The fraction of sp³-hybridized carbons (Fsp3) is 0.276. The van der Waals surface area contributed by atoms with Crippen LogP contribution in [-0.2, 0) is 21.7 Å². The molecule has 2 aliphatic heterocycles. The van der Waals surface area contributed by atoms with E-state index in [-0.39, 0.29) is 28.4 Å². The zero-order valence-electron chi connectivity index (χ0n) is 38.6. The van der Waals surface area contributed by atoms with Crippen LogP contribution < -0.4 is 30.8 Å². The maximum atomic E-state index is 4.03. The molecule has 11 rings (SSSR count). The second-order valence-electron chi connectivity index (χ2n) is 21.8. The van der Waals surface area contributed by atoms with Crippen molar-refractivity contribution in [2.24, 2.45) is 0 Å². The van der Waals surface area contributed by atoms with Crippen molar-refractivity contribution in [2.45, 2.75) is 104 Å². The summed E-state index contributed by atoms with van der Waals surface area (Å²) in [6.07, 6.45) is 2.35. The van der Waals surface area contributed by atoms with Crippen molar-refractivity contribution in [3.8, 4) is 0 Å². The van der Waals surface area contributed by atoms with Crippen LogP contribution in [-0.4, -0.2) is 6.71 Å². The second kappa shape index (κ2) is 13.9. The molecule has 8 aromatic rings. The molecule has 0 saturated carbocycles. The van der Waals surface area contributed by atoms with E-state index in [1.807, 2.05) is 11.3 Å². The Morgan fingerprint density at radius 1 is 0.587 bits per heavy atom. The van der Waals surface area contributed by atoms with Crippen LogP contribution in [0.1, 0.15) is 104 Å². The highest BCUT2D eigenvalue weighted by atomic mass is 32.1. The van der Waals surface area contributed by atoms with Crippen molar-refractivity contribution in [1.82, 2.24) is 0 Å². The molecule has 0 spiro atoms. The lowest BCUT2D eigenvalue weighted by Gasteiger charge is -2.43.